The fourth-order valence-electron chi connectivity index (χ4n) is 8.43. The minimum atomic E-state index is 0.850. The summed E-state index contributed by atoms with van der Waals surface area (Å²) >= 11 is 0. The third-order valence-corrected chi connectivity index (χ3v) is 10.9. The number of anilines is 3. The first-order valence-electron chi connectivity index (χ1n) is 18.8. The third-order valence-electron chi connectivity index (χ3n) is 10.9. The highest BCUT2D eigenvalue weighted by Crippen LogP contribution is 2.49. The second-order valence-electron chi connectivity index (χ2n) is 14.2. The van der Waals surface area contributed by atoms with Crippen LogP contribution in [0.4, 0.5) is 17.1 Å². The van der Waals surface area contributed by atoms with E-state index in [0.717, 1.165) is 67.5 Å². The molecule has 0 saturated heterocycles. The third kappa shape index (κ3) is 5.20. The zero-order chi connectivity index (χ0) is 36.3. The van der Waals surface area contributed by atoms with Crippen LogP contribution in [-0.2, 0) is 0 Å². The van der Waals surface area contributed by atoms with Crippen molar-refractivity contribution in [3.05, 3.63) is 206 Å². The lowest BCUT2D eigenvalue weighted by Gasteiger charge is -2.29. The van der Waals surface area contributed by atoms with Crippen LogP contribution in [0, 0.1) is 0 Å². The molecule has 55 heavy (non-hydrogen) atoms. The van der Waals surface area contributed by atoms with Gasteiger partial charge in [-0.25, -0.2) is 0 Å². The van der Waals surface area contributed by atoms with E-state index in [0.29, 0.717) is 0 Å². The van der Waals surface area contributed by atoms with Crippen molar-refractivity contribution in [2.75, 3.05) is 4.90 Å². The Labute approximate surface area is 319 Å². The average molecular weight is 703 g/mol. The normalized spacial score (nSPS) is 11.8. The molecule has 3 heteroatoms. The average Bonchev–Trinajstić information content (AvgIpc) is 3.58. The fourth-order valence-corrected chi connectivity index (χ4v) is 8.43. The molecular formula is C52H34N2O. The number of hydrogen-bond acceptors (Lipinski definition) is 2. The van der Waals surface area contributed by atoms with Crippen molar-refractivity contribution in [2.24, 2.45) is 0 Å². The first-order chi connectivity index (χ1) is 27.3. The standard InChI is InChI=1S/C52H34N2O/c1-4-14-35(15-5-1)38-30-39(37-26-28-45-44-22-10-11-24-48(44)54(49(45)33-37)41-20-8-3-9-21-41)32-43(31-38)53(40-18-6-2-7-19-40)42-27-29-46-47-23-12-16-36-17-13-25-50(52(36)47)55-51(46)34-42/h1-34H. The molecule has 0 fully saturated rings. The van der Waals surface area contributed by atoms with E-state index in [1.807, 2.05) is 0 Å². The summed E-state index contributed by atoms with van der Waals surface area (Å²) in [7, 11) is 0. The smallest absolute Gasteiger partial charge is 0.137 e. The van der Waals surface area contributed by atoms with Gasteiger partial charge in [-0.1, -0.05) is 127 Å². The summed E-state index contributed by atoms with van der Waals surface area (Å²) in [5.74, 6) is 1.74. The van der Waals surface area contributed by atoms with Gasteiger partial charge < -0.3 is 14.2 Å². The molecule has 11 rings (SSSR count). The Morgan fingerprint density at radius 3 is 1.87 bits per heavy atom. The Morgan fingerprint density at radius 2 is 1.05 bits per heavy atom. The summed E-state index contributed by atoms with van der Waals surface area (Å²) in [5.41, 5.74) is 13.6. The fraction of sp³-hybridized carbons (Fsp3) is 0. The zero-order valence-electron chi connectivity index (χ0n) is 29.9. The van der Waals surface area contributed by atoms with E-state index in [1.165, 1.54) is 32.8 Å². The van der Waals surface area contributed by atoms with Crippen molar-refractivity contribution >= 4 is 49.6 Å². The van der Waals surface area contributed by atoms with Gasteiger partial charge in [0.05, 0.1) is 11.0 Å². The molecule has 0 aliphatic carbocycles. The van der Waals surface area contributed by atoms with Crippen LogP contribution in [0.25, 0.3) is 71.6 Å². The SMILES string of the molecule is c1ccc(-c2cc(-c3ccc4c5ccccc5n(-c5ccccc5)c4c3)cc(N(c3ccccc3)c3ccc4c(c3)Oc3cccc5cccc-4c35)c2)cc1. The molecule has 0 saturated carbocycles. The van der Waals surface area contributed by atoms with Gasteiger partial charge in [-0.15, -0.1) is 0 Å². The highest BCUT2D eigenvalue weighted by atomic mass is 16.5. The molecule has 0 spiro atoms. The first-order valence-corrected chi connectivity index (χ1v) is 18.8. The summed E-state index contributed by atoms with van der Waals surface area (Å²) < 4.78 is 9.07. The minimum absolute atomic E-state index is 0.850. The number of nitrogens with zero attached hydrogens (tertiary/aromatic N) is 2. The molecule has 1 aliphatic rings. The largest absolute Gasteiger partial charge is 0.456 e. The van der Waals surface area contributed by atoms with Crippen LogP contribution in [0.5, 0.6) is 11.5 Å². The number of fused-ring (bicyclic) bond motifs is 5. The van der Waals surface area contributed by atoms with Crippen LogP contribution < -0.4 is 9.64 Å². The lowest BCUT2D eigenvalue weighted by Crippen LogP contribution is -2.11. The Kier molecular flexibility index (Phi) is 7.17. The molecule has 2 heterocycles. The molecule has 10 aromatic rings. The van der Waals surface area contributed by atoms with Gasteiger partial charge in [-0.3, -0.25) is 0 Å². The Morgan fingerprint density at radius 1 is 0.364 bits per heavy atom. The molecule has 3 nitrogen and oxygen atoms in total. The molecule has 1 aromatic heterocycles. The van der Waals surface area contributed by atoms with Gasteiger partial charge in [0.15, 0.2) is 0 Å². The second kappa shape index (κ2) is 12.6. The van der Waals surface area contributed by atoms with E-state index >= 15 is 0 Å². The van der Waals surface area contributed by atoms with Gasteiger partial charge in [-0.05, 0) is 106 Å². The molecule has 0 atom stereocenters. The maximum absolute atomic E-state index is 6.68. The van der Waals surface area contributed by atoms with Crippen molar-refractivity contribution in [2.45, 2.75) is 0 Å². The van der Waals surface area contributed by atoms with Crippen molar-refractivity contribution in [1.29, 1.82) is 0 Å². The van der Waals surface area contributed by atoms with Crippen LogP contribution >= 0.6 is 0 Å². The molecule has 0 amide bonds. The number of para-hydroxylation sites is 3. The summed E-state index contributed by atoms with van der Waals surface area (Å²) in [4.78, 5) is 2.35. The number of benzene rings is 9. The summed E-state index contributed by atoms with van der Waals surface area (Å²) in [6, 6.07) is 74.0. The molecular weight excluding hydrogens is 669 g/mol. The predicted molar refractivity (Wildman–Crippen MR) is 229 cm³/mol. The number of ether oxygens (including phenoxy) is 1. The van der Waals surface area contributed by atoms with Crippen molar-refractivity contribution in [3.8, 4) is 50.6 Å². The predicted octanol–water partition coefficient (Wildman–Crippen LogP) is 14.5. The van der Waals surface area contributed by atoms with E-state index in [-0.39, 0.29) is 0 Å². The molecule has 1 aliphatic heterocycles. The maximum Gasteiger partial charge on any atom is 0.137 e. The summed E-state index contributed by atoms with van der Waals surface area (Å²) in [6.07, 6.45) is 0. The van der Waals surface area contributed by atoms with Crippen LogP contribution in [-0.4, -0.2) is 4.57 Å². The zero-order valence-corrected chi connectivity index (χ0v) is 29.9. The van der Waals surface area contributed by atoms with Crippen LogP contribution in [0.3, 0.4) is 0 Å². The minimum Gasteiger partial charge on any atom is -0.456 e. The van der Waals surface area contributed by atoms with Gasteiger partial charge >= 0.3 is 0 Å². The number of rotatable bonds is 6. The highest BCUT2D eigenvalue weighted by molar-refractivity contribution is 6.10. The molecule has 0 N–H and O–H groups in total. The Hall–Kier alpha value is -7.36. The quantitative estimate of drug-likeness (QED) is 0.172. The monoisotopic (exact) mass is 702 g/mol. The van der Waals surface area contributed by atoms with E-state index in [4.69, 9.17) is 4.74 Å². The van der Waals surface area contributed by atoms with E-state index < -0.39 is 0 Å². The van der Waals surface area contributed by atoms with Gasteiger partial charge in [0, 0.05) is 50.5 Å². The summed E-state index contributed by atoms with van der Waals surface area (Å²) in [6.45, 7) is 0. The highest BCUT2D eigenvalue weighted by Gasteiger charge is 2.23. The molecule has 9 aromatic carbocycles. The lowest BCUT2D eigenvalue weighted by atomic mass is 9.94. The van der Waals surface area contributed by atoms with Crippen LogP contribution in [0.15, 0.2) is 206 Å². The topological polar surface area (TPSA) is 17.4 Å². The molecule has 0 bridgehead atoms. The van der Waals surface area contributed by atoms with Crippen molar-refractivity contribution < 1.29 is 4.74 Å². The Balaban J connectivity index is 1.12. The molecule has 0 unspecified atom stereocenters. The Bertz CT molecular complexity index is 3050. The van der Waals surface area contributed by atoms with Crippen LogP contribution in [0.2, 0.25) is 0 Å². The van der Waals surface area contributed by atoms with Gasteiger partial charge in [0.1, 0.15) is 11.5 Å². The van der Waals surface area contributed by atoms with Crippen LogP contribution in [0.1, 0.15) is 0 Å². The van der Waals surface area contributed by atoms with Crippen molar-refractivity contribution in [1.82, 2.24) is 4.57 Å². The second-order valence-corrected chi connectivity index (χ2v) is 14.2. The summed E-state index contributed by atoms with van der Waals surface area (Å²) in [5, 5.41) is 4.83. The number of aromatic nitrogens is 1. The van der Waals surface area contributed by atoms with E-state index in [1.54, 1.807) is 0 Å². The number of hydrogen-bond donors (Lipinski definition) is 0. The lowest BCUT2D eigenvalue weighted by molar-refractivity contribution is 0.487. The van der Waals surface area contributed by atoms with Gasteiger partial charge in [-0.2, -0.15) is 0 Å². The molecule has 258 valence electrons. The van der Waals surface area contributed by atoms with E-state index in [2.05, 4.69) is 216 Å². The van der Waals surface area contributed by atoms with Crippen molar-refractivity contribution in [3.63, 3.8) is 0 Å². The first kappa shape index (κ1) is 31.2. The van der Waals surface area contributed by atoms with Gasteiger partial charge in [0.2, 0.25) is 0 Å². The van der Waals surface area contributed by atoms with Gasteiger partial charge in [0.25, 0.3) is 0 Å². The van der Waals surface area contributed by atoms with E-state index in [9.17, 15) is 0 Å². The molecule has 0 radical (unpaired) electrons. The maximum atomic E-state index is 6.68.